The standard InChI is InChI=1S/C29H37N3O6/c1-18(2)38-22-10-8-20(9-11-22)16-29(26(33)30(4)28(35)31(5)27(29)34)17-32-13-12-21-14-24(36-6)25(37-7)15-23(21)19(32)3/h8-11,14-15,18-19H,12-13,16-17H2,1-7H3. The molecule has 2 heterocycles. The largest absolute Gasteiger partial charge is 0.493 e. The van der Waals surface area contributed by atoms with Crippen LogP contribution in [0.4, 0.5) is 4.79 Å². The number of ether oxygens (including phenoxy) is 3. The molecule has 0 saturated carbocycles. The molecular weight excluding hydrogens is 486 g/mol. The lowest BCUT2D eigenvalue weighted by molar-refractivity contribution is -0.159. The van der Waals surface area contributed by atoms with Gasteiger partial charge >= 0.3 is 6.03 Å². The van der Waals surface area contributed by atoms with Crippen molar-refractivity contribution in [2.75, 3.05) is 41.4 Å². The minimum atomic E-state index is -1.46. The number of carbonyl (C=O) groups is 3. The lowest BCUT2D eigenvalue weighted by Gasteiger charge is -2.46. The molecule has 1 atom stereocenters. The molecule has 0 N–H and O–H groups in total. The Kier molecular flexibility index (Phi) is 7.69. The van der Waals surface area contributed by atoms with Gasteiger partial charge in [0, 0.05) is 33.2 Å². The third-order valence-corrected chi connectivity index (χ3v) is 7.59. The van der Waals surface area contributed by atoms with Gasteiger partial charge in [0.1, 0.15) is 11.2 Å². The van der Waals surface area contributed by atoms with Crippen molar-refractivity contribution in [3.8, 4) is 17.2 Å². The van der Waals surface area contributed by atoms with Crippen LogP contribution in [-0.2, 0) is 22.4 Å². The zero-order valence-corrected chi connectivity index (χ0v) is 23.2. The van der Waals surface area contributed by atoms with Crippen molar-refractivity contribution in [1.29, 1.82) is 0 Å². The Morgan fingerprint density at radius 3 is 2.08 bits per heavy atom. The molecule has 0 bridgehead atoms. The maximum absolute atomic E-state index is 13.8. The van der Waals surface area contributed by atoms with Crippen molar-refractivity contribution in [1.82, 2.24) is 14.7 Å². The number of hydrogen-bond donors (Lipinski definition) is 0. The first-order chi connectivity index (χ1) is 18.0. The van der Waals surface area contributed by atoms with Gasteiger partial charge in [-0.25, -0.2) is 4.79 Å². The molecular formula is C29H37N3O6. The summed E-state index contributed by atoms with van der Waals surface area (Å²) in [6, 6.07) is 10.7. The maximum Gasteiger partial charge on any atom is 0.332 e. The summed E-state index contributed by atoms with van der Waals surface area (Å²) in [4.78, 5) is 44.5. The molecule has 204 valence electrons. The lowest BCUT2D eigenvalue weighted by atomic mass is 9.76. The first kappa shape index (κ1) is 27.4. The molecule has 1 unspecified atom stereocenters. The highest BCUT2D eigenvalue weighted by Crippen LogP contribution is 2.41. The van der Waals surface area contributed by atoms with E-state index in [1.165, 1.54) is 14.1 Å². The molecule has 0 radical (unpaired) electrons. The molecule has 9 heteroatoms. The van der Waals surface area contributed by atoms with Crippen molar-refractivity contribution in [3.05, 3.63) is 53.1 Å². The summed E-state index contributed by atoms with van der Waals surface area (Å²) in [6.07, 6.45) is 0.921. The predicted molar refractivity (Wildman–Crippen MR) is 143 cm³/mol. The van der Waals surface area contributed by atoms with Gasteiger partial charge in [-0.2, -0.15) is 0 Å². The summed E-state index contributed by atoms with van der Waals surface area (Å²) in [5, 5.41) is 0. The van der Waals surface area contributed by atoms with E-state index in [1.807, 2.05) is 50.2 Å². The van der Waals surface area contributed by atoms with E-state index in [9.17, 15) is 14.4 Å². The van der Waals surface area contributed by atoms with E-state index in [-0.39, 0.29) is 25.1 Å². The number of carbonyl (C=O) groups excluding carboxylic acids is 3. The van der Waals surface area contributed by atoms with Crippen molar-refractivity contribution in [2.24, 2.45) is 5.41 Å². The second kappa shape index (κ2) is 10.6. The topological polar surface area (TPSA) is 88.6 Å². The Hall–Kier alpha value is -3.59. The van der Waals surface area contributed by atoms with Crippen LogP contribution in [0.2, 0.25) is 0 Å². The van der Waals surface area contributed by atoms with E-state index in [1.54, 1.807) is 14.2 Å². The van der Waals surface area contributed by atoms with Crippen LogP contribution in [0.5, 0.6) is 17.2 Å². The average Bonchev–Trinajstić information content (AvgIpc) is 2.91. The summed E-state index contributed by atoms with van der Waals surface area (Å²) in [7, 11) is 6.09. The summed E-state index contributed by atoms with van der Waals surface area (Å²) in [6.45, 7) is 6.79. The number of barbiturate groups is 1. The van der Waals surface area contributed by atoms with Crippen molar-refractivity contribution in [3.63, 3.8) is 0 Å². The molecule has 2 aliphatic heterocycles. The normalized spacial score (nSPS) is 19.6. The second-order valence-electron chi connectivity index (χ2n) is 10.4. The van der Waals surface area contributed by atoms with Crippen LogP contribution < -0.4 is 14.2 Å². The quantitative estimate of drug-likeness (QED) is 0.488. The number of benzene rings is 2. The first-order valence-electron chi connectivity index (χ1n) is 12.9. The van der Waals surface area contributed by atoms with Gasteiger partial charge in [0.05, 0.1) is 20.3 Å². The number of nitrogens with zero attached hydrogens (tertiary/aromatic N) is 3. The van der Waals surface area contributed by atoms with Crippen LogP contribution in [0.15, 0.2) is 36.4 Å². The van der Waals surface area contributed by atoms with Gasteiger partial charge in [-0.05, 0) is 74.6 Å². The van der Waals surface area contributed by atoms with Gasteiger partial charge in [0.15, 0.2) is 11.5 Å². The molecule has 0 aliphatic carbocycles. The smallest absolute Gasteiger partial charge is 0.332 e. The number of hydrogen-bond acceptors (Lipinski definition) is 7. The van der Waals surface area contributed by atoms with Crippen LogP contribution in [0.25, 0.3) is 0 Å². The van der Waals surface area contributed by atoms with E-state index in [4.69, 9.17) is 14.2 Å². The van der Waals surface area contributed by atoms with Gasteiger partial charge in [0.2, 0.25) is 11.8 Å². The van der Waals surface area contributed by atoms with Gasteiger partial charge in [-0.15, -0.1) is 0 Å². The number of urea groups is 1. The van der Waals surface area contributed by atoms with Gasteiger partial charge in [-0.3, -0.25) is 24.3 Å². The zero-order chi connectivity index (χ0) is 27.8. The number of amides is 4. The Labute approximate surface area is 224 Å². The molecule has 1 saturated heterocycles. The molecule has 38 heavy (non-hydrogen) atoms. The number of fused-ring (bicyclic) bond motifs is 1. The van der Waals surface area contributed by atoms with E-state index in [0.29, 0.717) is 23.8 Å². The third kappa shape index (κ3) is 4.82. The SMILES string of the molecule is COc1cc2c(cc1OC)C(C)N(CC1(Cc3ccc(OC(C)C)cc3)C(=O)N(C)C(=O)N(C)C1=O)CC2. The average molecular weight is 524 g/mol. The highest BCUT2D eigenvalue weighted by molar-refractivity contribution is 6.19. The van der Waals surface area contributed by atoms with Crippen LogP contribution >= 0.6 is 0 Å². The van der Waals surface area contributed by atoms with E-state index < -0.39 is 23.3 Å². The number of imide groups is 2. The molecule has 9 nitrogen and oxygen atoms in total. The van der Waals surface area contributed by atoms with Gasteiger partial charge < -0.3 is 14.2 Å². The maximum atomic E-state index is 13.8. The zero-order valence-electron chi connectivity index (χ0n) is 23.2. The fourth-order valence-corrected chi connectivity index (χ4v) is 5.54. The van der Waals surface area contributed by atoms with Crippen LogP contribution in [0.3, 0.4) is 0 Å². The van der Waals surface area contributed by atoms with Crippen molar-refractivity contribution >= 4 is 17.8 Å². The fraction of sp³-hybridized carbons (Fsp3) is 0.483. The molecule has 4 amide bonds. The Morgan fingerprint density at radius 1 is 0.947 bits per heavy atom. The Balaban J connectivity index is 1.71. The molecule has 0 spiro atoms. The summed E-state index contributed by atoms with van der Waals surface area (Å²) >= 11 is 0. The summed E-state index contributed by atoms with van der Waals surface area (Å²) in [5.74, 6) is 1.05. The lowest BCUT2D eigenvalue weighted by Crippen LogP contribution is -2.67. The molecule has 4 rings (SSSR count). The molecule has 2 aromatic rings. The highest BCUT2D eigenvalue weighted by Gasteiger charge is 2.56. The van der Waals surface area contributed by atoms with E-state index in [0.717, 1.165) is 32.9 Å². The number of rotatable bonds is 8. The Bertz CT molecular complexity index is 1200. The third-order valence-electron chi connectivity index (χ3n) is 7.59. The molecule has 0 aromatic heterocycles. The molecule has 2 aliphatic rings. The van der Waals surface area contributed by atoms with Crippen molar-refractivity contribution in [2.45, 2.75) is 45.8 Å². The van der Waals surface area contributed by atoms with E-state index in [2.05, 4.69) is 11.8 Å². The van der Waals surface area contributed by atoms with Crippen LogP contribution in [-0.4, -0.2) is 80.1 Å². The Morgan fingerprint density at radius 2 is 1.53 bits per heavy atom. The molecule has 2 aromatic carbocycles. The second-order valence-corrected chi connectivity index (χ2v) is 10.4. The van der Waals surface area contributed by atoms with Crippen LogP contribution in [0, 0.1) is 5.41 Å². The molecule has 1 fully saturated rings. The van der Waals surface area contributed by atoms with Crippen LogP contribution in [0.1, 0.15) is 43.5 Å². The monoisotopic (exact) mass is 523 g/mol. The van der Waals surface area contributed by atoms with Crippen molar-refractivity contribution < 1.29 is 28.6 Å². The first-order valence-corrected chi connectivity index (χ1v) is 12.9. The fourth-order valence-electron chi connectivity index (χ4n) is 5.54. The summed E-state index contributed by atoms with van der Waals surface area (Å²) < 4.78 is 16.8. The van der Waals surface area contributed by atoms with Gasteiger partial charge in [-0.1, -0.05) is 12.1 Å². The number of methoxy groups -OCH3 is 2. The minimum Gasteiger partial charge on any atom is -0.493 e. The van der Waals surface area contributed by atoms with E-state index >= 15 is 0 Å². The minimum absolute atomic E-state index is 0.0315. The predicted octanol–water partition coefficient (Wildman–Crippen LogP) is 3.69. The highest BCUT2D eigenvalue weighted by atomic mass is 16.5. The van der Waals surface area contributed by atoms with Gasteiger partial charge in [0.25, 0.3) is 0 Å². The summed E-state index contributed by atoms with van der Waals surface area (Å²) in [5.41, 5.74) is 1.57.